The first kappa shape index (κ1) is 27.4. The Morgan fingerprint density at radius 2 is 0.826 bits per heavy atom. The summed E-state index contributed by atoms with van der Waals surface area (Å²) in [6.07, 6.45) is 0. The van der Waals surface area contributed by atoms with Gasteiger partial charge in [0.2, 0.25) is 0 Å². The molecule has 0 spiro atoms. The third kappa shape index (κ3) is 5.27. The van der Waals surface area contributed by atoms with Gasteiger partial charge in [0, 0.05) is 33.6 Å². The maximum absolute atomic E-state index is 6.57. The van der Waals surface area contributed by atoms with Crippen molar-refractivity contribution in [2.45, 2.75) is 0 Å². The van der Waals surface area contributed by atoms with Gasteiger partial charge in [-0.3, -0.25) is 0 Å². The molecule has 46 heavy (non-hydrogen) atoms. The lowest BCUT2D eigenvalue weighted by atomic mass is 9.98. The van der Waals surface area contributed by atoms with Gasteiger partial charge in [0.15, 0.2) is 0 Å². The van der Waals surface area contributed by atoms with E-state index in [9.17, 15) is 0 Å². The molecule has 0 aliphatic rings. The quantitative estimate of drug-likeness (QED) is 0.184. The van der Waals surface area contributed by atoms with Crippen LogP contribution in [0.5, 0.6) is 0 Å². The number of para-hydroxylation sites is 2. The topological polar surface area (TPSA) is 16.4 Å². The molecule has 0 saturated heterocycles. The second-order valence-electron chi connectivity index (χ2n) is 11.4. The van der Waals surface area contributed by atoms with Crippen molar-refractivity contribution in [3.63, 3.8) is 0 Å². The molecular formula is C44H31NO. The summed E-state index contributed by atoms with van der Waals surface area (Å²) >= 11 is 0. The number of nitrogens with zero attached hydrogens (tertiary/aromatic N) is 1. The highest BCUT2D eigenvalue weighted by atomic mass is 16.3. The Morgan fingerprint density at radius 1 is 0.326 bits per heavy atom. The van der Waals surface area contributed by atoms with Gasteiger partial charge >= 0.3 is 0 Å². The fourth-order valence-corrected chi connectivity index (χ4v) is 6.26. The Kier molecular flexibility index (Phi) is 7.22. The lowest BCUT2D eigenvalue weighted by molar-refractivity contribution is 0.632. The lowest BCUT2D eigenvalue weighted by Crippen LogP contribution is -2.09. The molecule has 0 atom stereocenters. The van der Waals surface area contributed by atoms with Gasteiger partial charge in [-0.15, -0.1) is 0 Å². The van der Waals surface area contributed by atoms with E-state index >= 15 is 0 Å². The fraction of sp³-hybridized carbons (Fsp3) is 0. The van der Waals surface area contributed by atoms with E-state index in [0.29, 0.717) is 0 Å². The summed E-state index contributed by atoms with van der Waals surface area (Å²) in [5, 5.41) is 1.11. The molecule has 0 fully saturated rings. The SMILES string of the molecule is c1ccc(-c2cccc(-c3ccc(N(c4ccccc4)c4cccc(-c5oc6ccccc6c5-c5ccccc5)c4)cc3)c2)cc1. The highest BCUT2D eigenvalue weighted by molar-refractivity contribution is 6.02. The summed E-state index contributed by atoms with van der Waals surface area (Å²) in [6, 6.07) is 66.1. The van der Waals surface area contributed by atoms with Gasteiger partial charge in [-0.2, -0.15) is 0 Å². The van der Waals surface area contributed by atoms with Crippen molar-refractivity contribution in [3.05, 3.63) is 188 Å². The van der Waals surface area contributed by atoms with E-state index in [2.05, 4.69) is 181 Å². The van der Waals surface area contributed by atoms with E-state index in [-0.39, 0.29) is 0 Å². The first-order chi connectivity index (χ1) is 22.8. The van der Waals surface area contributed by atoms with Crippen LogP contribution < -0.4 is 4.90 Å². The van der Waals surface area contributed by atoms with Crippen molar-refractivity contribution in [3.8, 4) is 44.7 Å². The zero-order valence-electron chi connectivity index (χ0n) is 25.3. The van der Waals surface area contributed by atoms with Crippen LogP contribution >= 0.6 is 0 Å². The molecule has 1 aromatic heterocycles. The molecule has 0 saturated carbocycles. The van der Waals surface area contributed by atoms with Crippen LogP contribution in [-0.2, 0) is 0 Å². The van der Waals surface area contributed by atoms with Crippen molar-refractivity contribution in [2.75, 3.05) is 4.90 Å². The van der Waals surface area contributed by atoms with Crippen molar-refractivity contribution < 1.29 is 4.42 Å². The number of hydrogen-bond acceptors (Lipinski definition) is 2. The minimum atomic E-state index is 0.871. The van der Waals surface area contributed by atoms with Crippen molar-refractivity contribution in [1.29, 1.82) is 0 Å². The predicted molar refractivity (Wildman–Crippen MR) is 193 cm³/mol. The molecule has 0 N–H and O–H groups in total. The molecule has 2 heteroatoms. The van der Waals surface area contributed by atoms with Crippen LogP contribution in [0.15, 0.2) is 192 Å². The fourth-order valence-electron chi connectivity index (χ4n) is 6.26. The number of rotatable bonds is 7. The van der Waals surface area contributed by atoms with E-state index in [0.717, 1.165) is 50.5 Å². The van der Waals surface area contributed by atoms with Crippen LogP contribution in [0.4, 0.5) is 17.1 Å². The predicted octanol–water partition coefficient (Wildman–Crippen LogP) is 12.6. The Morgan fingerprint density at radius 3 is 1.54 bits per heavy atom. The van der Waals surface area contributed by atoms with E-state index < -0.39 is 0 Å². The van der Waals surface area contributed by atoms with Crippen LogP contribution in [0, 0.1) is 0 Å². The lowest BCUT2D eigenvalue weighted by Gasteiger charge is -2.26. The Labute approximate surface area is 269 Å². The summed E-state index contributed by atoms with van der Waals surface area (Å²) in [6.45, 7) is 0. The smallest absolute Gasteiger partial charge is 0.143 e. The molecule has 218 valence electrons. The average molecular weight is 590 g/mol. The third-order valence-corrected chi connectivity index (χ3v) is 8.47. The van der Waals surface area contributed by atoms with Crippen LogP contribution in [0.2, 0.25) is 0 Å². The Balaban J connectivity index is 1.21. The zero-order valence-corrected chi connectivity index (χ0v) is 25.3. The minimum absolute atomic E-state index is 0.871. The van der Waals surface area contributed by atoms with Crippen molar-refractivity contribution in [1.82, 2.24) is 0 Å². The molecule has 0 aliphatic carbocycles. The van der Waals surface area contributed by atoms with E-state index in [1.807, 2.05) is 12.1 Å². The maximum atomic E-state index is 6.57. The number of hydrogen-bond donors (Lipinski definition) is 0. The maximum Gasteiger partial charge on any atom is 0.143 e. The van der Waals surface area contributed by atoms with Gasteiger partial charge in [0.05, 0.1) is 0 Å². The van der Waals surface area contributed by atoms with Crippen LogP contribution in [0.1, 0.15) is 0 Å². The molecule has 0 amide bonds. The summed E-state index contributed by atoms with van der Waals surface area (Å²) in [4.78, 5) is 2.30. The van der Waals surface area contributed by atoms with Gasteiger partial charge < -0.3 is 9.32 Å². The third-order valence-electron chi connectivity index (χ3n) is 8.47. The largest absolute Gasteiger partial charge is 0.455 e. The van der Waals surface area contributed by atoms with E-state index in [1.165, 1.54) is 22.3 Å². The van der Waals surface area contributed by atoms with Gasteiger partial charge in [0.25, 0.3) is 0 Å². The summed E-state index contributed by atoms with van der Waals surface area (Å²) in [7, 11) is 0. The van der Waals surface area contributed by atoms with Crippen molar-refractivity contribution in [2.24, 2.45) is 0 Å². The van der Waals surface area contributed by atoms with Gasteiger partial charge in [0.1, 0.15) is 11.3 Å². The van der Waals surface area contributed by atoms with Gasteiger partial charge in [-0.05, 0) is 76.3 Å². The second kappa shape index (κ2) is 12.1. The van der Waals surface area contributed by atoms with Crippen LogP contribution in [-0.4, -0.2) is 0 Å². The molecule has 0 unspecified atom stereocenters. The first-order valence-electron chi connectivity index (χ1n) is 15.6. The minimum Gasteiger partial charge on any atom is -0.455 e. The van der Waals surface area contributed by atoms with Crippen LogP contribution in [0.25, 0.3) is 55.7 Å². The molecule has 8 rings (SSSR count). The zero-order chi connectivity index (χ0) is 30.7. The Hall–Kier alpha value is -6.12. The molecule has 0 radical (unpaired) electrons. The summed E-state index contributed by atoms with van der Waals surface area (Å²) < 4.78 is 6.57. The molecule has 1 heterocycles. The monoisotopic (exact) mass is 589 g/mol. The highest BCUT2D eigenvalue weighted by Gasteiger charge is 2.19. The number of furan rings is 1. The standard InChI is InChI=1S/C44H31NO/c1-4-14-32(15-5-1)35-18-12-19-36(30-35)33-26-28-39(29-27-33)45(38-21-8-3-9-22-38)40-23-13-20-37(31-40)44-43(34-16-6-2-7-17-34)41-24-10-11-25-42(41)46-44/h1-31H. The second-order valence-corrected chi connectivity index (χ2v) is 11.4. The molecule has 7 aromatic carbocycles. The molecular weight excluding hydrogens is 558 g/mol. The van der Waals surface area contributed by atoms with Gasteiger partial charge in [-0.25, -0.2) is 0 Å². The van der Waals surface area contributed by atoms with E-state index in [1.54, 1.807) is 0 Å². The number of benzene rings is 7. The molecule has 2 nitrogen and oxygen atoms in total. The van der Waals surface area contributed by atoms with E-state index in [4.69, 9.17) is 4.42 Å². The van der Waals surface area contributed by atoms with Crippen LogP contribution in [0.3, 0.4) is 0 Å². The Bertz CT molecular complexity index is 2230. The first-order valence-corrected chi connectivity index (χ1v) is 15.6. The van der Waals surface area contributed by atoms with Crippen molar-refractivity contribution >= 4 is 28.0 Å². The average Bonchev–Trinajstić information content (AvgIpc) is 3.53. The van der Waals surface area contributed by atoms with Gasteiger partial charge in [-0.1, -0.05) is 140 Å². The highest BCUT2D eigenvalue weighted by Crippen LogP contribution is 2.43. The number of fused-ring (bicyclic) bond motifs is 1. The number of anilines is 3. The summed E-state index contributed by atoms with van der Waals surface area (Å²) in [5.74, 6) is 0.871. The normalized spacial score (nSPS) is 11.0. The molecule has 0 bridgehead atoms. The molecule has 8 aromatic rings. The summed E-state index contributed by atoms with van der Waals surface area (Å²) in [5.41, 5.74) is 12.2. The molecule has 0 aliphatic heterocycles.